The number of hydrogen-bond acceptors (Lipinski definition) is 1. The van der Waals surface area contributed by atoms with Crippen molar-refractivity contribution in [3.63, 3.8) is 0 Å². The first-order valence-electron chi connectivity index (χ1n) is 4.45. The molecular weight excluding hydrogens is 172 g/mol. The van der Waals surface area contributed by atoms with Gasteiger partial charge >= 0.3 is 0 Å². The van der Waals surface area contributed by atoms with Crippen LogP contribution in [0.4, 0.5) is 0 Å². The van der Waals surface area contributed by atoms with Crippen molar-refractivity contribution in [1.29, 1.82) is 0 Å². The maximum absolute atomic E-state index is 5.56. The fourth-order valence-electron chi connectivity index (χ4n) is 0.998. The largest absolute Gasteiger partial charge is 0.457 e. The molecule has 0 radical (unpaired) electrons. The van der Waals surface area contributed by atoms with Gasteiger partial charge in [0.25, 0.3) is 0 Å². The van der Waals surface area contributed by atoms with Crippen molar-refractivity contribution in [3.05, 3.63) is 67.0 Å². The molecule has 0 aliphatic heterocycles. The Kier molecular flexibility index (Phi) is 3.74. The third kappa shape index (κ3) is 3.31. The van der Waals surface area contributed by atoms with E-state index in [2.05, 4.69) is 13.2 Å². The Labute approximate surface area is 85.0 Å². The number of benzene rings is 1. The second-order valence-corrected chi connectivity index (χ2v) is 3.01. The van der Waals surface area contributed by atoms with E-state index in [4.69, 9.17) is 4.74 Å². The summed E-state index contributed by atoms with van der Waals surface area (Å²) in [7, 11) is 0. The maximum Gasteiger partial charge on any atom is 0.127 e. The number of para-hydroxylation sites is 1. The predicted molar refractivity (Wildman–Crippen MR) is 60.2 cm³/mol. The summed E-state index contributed by atoms with van der Waals surface area (Å²) in [5.41, 5.74) is 0.941. The molecule has 0 atom stereocenters. The molecule has 0 heterocycles. The number of ether oxygens (including phenoxy) is 1. The molecule has 0 bridgehead atoms. The second kappa shape index (κ2) is 5.07. The van der Waals surface area contributed by atoms with Gasteiger partial charge in [0.1, 0.15) is 11.5 Å². The van der Waals surface area contributed by atoms with E-state index in [1.54, 1.807) is 6.08 Å². The number of hydrogen-bond donors (Lipinski definition) is 0. The molecule has 0 fully saturated rings. The van der Waals surface area contributed by atoms with Crippen LogP contribution in [0.15, 0.2) is 67.0 Å². The molecule has 1 aromatic rings. The Morgan fingerprint density at radius 1 is 1.29 bits per heavy atom. The molecule has 1 nitrogen and oxygen atoms in total. The zero-order chi connectivity index (χ0) is 10.4. The summed E-state index contributed by atoms with van der Waals surface area (Å²) in [5.74, 6) is 1.52. The van der Waals surface area contributed by atoms with Gasteiger partial charge in [-0.25, -0.2) is 0 Å². The van der Waals surface area contributed by atoms with E-state index in [0.717, 1.165) is 11.3 Å². The van der Waals surface area contributed by atoms with Gasteiger partial charge in [-0.1, -0.05) is 36.9 Å². The van der Waals surface area contributed by atoms with E-state index in [0.29, 0.717) is 5.76 Å². The first kappa shape index (κ1) is 10.3. The predicted octanol–water partition coefficient (Wildman–Crippen LogP) is 3.71. The van der Waals surface area contributed by atoms with Crippen LogP contribution in [0.25, 0.3) is 0 Å². The van der Waals surface area contributed by atoms with Gasteiger partial charge in [-0.05, 0) is 31.2 Å². The summed E-state index contributed by atoms with van der Waals surface area (Å²) < 4.78 is 5.56. The van der Waals surface area contributed by atoms with Gasteiger partial charge in [0.2, 0.25) is 0 Å². The Hall–Kier alpha value is -1.76. The van der Waals surface area contributed by atoms with Crippen molar-refractivity contribution >= 4 is 0 Å². The third-order valence-corrected chi connectivity index (χ3v) is 1.57. The molecule has 0 amide bonds. The molecule has 0 aromatic heterocycles. The molecule has 0 aliphatic rings. The molecule has 1 aromatic carbocycles. The van der Waals surface area contributed by atoms with E-state index in [1.165, 1.54) is 0 Å². The van der Waals surface area contributed by atoms with Crippen LogP contribution < -0.4 is 4.74 Å². The lowest BCUT2D eigenvalue weighted by atomic mass is 10.3. The normalized spacial score (nSPS) is 10.8. The van der Waals surface area contributed by atoms with Crippen molar-refractivity contribution in [2.45, 2.75) is 6.92 Å². The Balaban J connectivity index is 2.76. The highest BCUT2D eigenvalue weighted by Gasteiger charge is 1.94. The summed E-state index contributed by atoms with van der Waals surface area (Å²) in [6.07, 6.45) is 3.52. The van der Waals surface area contributed by atoms with Crippen LogP contribution in [0.2, 0.25) is 0 Å². The molecular formula is C13H14O. The fraction of sp³-hybridized carbons (Fsp3) is 0.0769. The summed E-state index contributed by atoms with van der Waals surface area (Å²) in [4.78, 5) is 0. The molecule has 0 aliphatic carbocycles. The van der Waals surface area contributed by atoms with Crippen molar-refractivity contribution in [2.75, 3.05) is 0 Å². The van der Waals surface area contributed by atoms with Gasteiger partial charge in [0.05, 0.1) is 0 Å². The van der Waals surface area contributed by atoms with Crippen molar-refractivity contribution in [1.82, 2.24) is 0 Å². The topological polar surface area (TPSA) is 9.23 Å². The highest BCUT2D eigenvalue weighted by molar-refractivity contribution is 5.29. The zero-order valence-corrected chi connectivity index (χ0v) is 8.36. The van der Waals surface area contributed by atoms with Crippen LogP contribution in [0.5, 0.6) is 5.75 Å². The monoisotopic (exact) mass is 186 g/mol. The Morgan fingerprint density at radius 3 is 2.43 bits per heavy atom. The molecule has 0 spiro atoms. The van der Waals surface area contributed by atoms with Crippen LogP contribution in [-0.2, 0) is 0 Å². The van der Waals surface area contributed by atoms with Crippen molar-refractivity contribution < 1.29 is 4.74 Å². The van der Waals surface area contributed by atoms with E-state index in [1.807, 2.05) is 43.3 Å². The molecule has 1 rings (SSSR count). The highest BCUT2D eigenvalue weighted by atomic mass is 16.5. The van der Waals surface area contributed by atoms with Gasteiger partial charge in [0, 0.05) is 0 Å². The van der Waals surface area contributed by atoms with E-state index in [-0.39, 0.29) is 0 Å². The van der Waals surface area contributed by atoms with Crippen LogP contribution in [0, 0.1) is 0 Å². The lowest BCUT2D eigenvalue weighted by molar-refractivity contribution is 0.444. The second-order valence-electron chi connectivity index (χ2n) is 3.01. The molecule has 72 valence electrons. The lowest BCUT2D eigenvalue weighted by Crippen LogP contribution is -1.91. The van der Waals surface area contributed by atoms with Crippen LogP contribution in [-0.4, -0.2) is 0 Å². The summed E-state index contributed by atoms with van der Waals surface area (Å²) in [5, 5.41) is 0. The number of rotatable bonds is 4. The average molecular weight is 186 g/mol. The average Bonchev–Trinajstić information content (AvgIpc) is 2.17. The van der Waals surface area contributed by atoms with Crippen molar-refractivity contribution in [2.24, 2.45) is 0 Å². The highest BCUT2D eigenvalue weighted by Crippen LogP contribution is 2.14. The minimum absolute atomic E-state index is 0.712. The van der Waals surface area contributed by atoms with Crippen LogP contribution in [0.3, 0.4) is 0 Å². The number of allylic oxidation sites excluding steroid dienone is 3. The van der Waals surface area contributed by atoms with Gasteiger partial charge in [-0.15, -0.1) is 0 Å². The SMILES string of the molecule is C=CC(=CC(=C)C)Oc1ccccc1. The van der Waals surface area contributed by atoms with Crippen LogP contribution >= 0.6 is 0 Å². The van der Waals surface area contributed by atoms with Crippen molar-refractivity contribution in [3.8, 4) is 5.75 Å². The molecule has 0 unspecified atom stereocenters. The van der Waals surface area contributed by atoms with E-state index in [9.17, 15) is 0 Å². The lowest BCUT2D eigenvalue weighted by Gasteiger charge is -2.05. The van der Waals surface area contributed by atoms with Crippen LogP contribution in [0.1, 0.15) is 6.92 Å². The smallest absolute Gasteiger partial charge is 0.127 e. The Bertz CT molecular complexity index is 347. The maximum atomic E-state index is 5.56. The summed E-state index contributed by atoms with van der Waals surface area (Å²) in [6, 6.07) is 9.60. The van der Waals surface area contributed by atoms with Gasteiger partial charge in [0.15, 0.2) is 0 Å². The quantitative estimate of drug-likeness (QED) is 0.514. The Morgan fingerprint density at radius 2 is 1.93 bits per heavy atom. The first-order valence-corrected chi connectivity index (χ1v) is 4.45. The molecule has 0 saturated carbocycles. The molecule has 1 heteroatoms. The van der Waals surface area contributed by atoms with E-state index < -0.39 is 0 Å². The molecule has 14 heavy (non-hydrogen) atoms. The van der Waals surface area contributed by atoms with Gasteiger partial charge in [-0.2, -0.15) is 0 Å². The van der Waals surface area contributed by atoms with Gasteiger partial charge < -0.3 is 4.74 Å². The molecule has 0 saturated heterocycles. The third-order valence-electron chi connectivity index (χ3n) is 1.57. The fourth-order valence-corrected chi connectivity index (χ4v) is 0.998. The zero-order valence-electron chi connectivity index (χ0n) is 8.36. The molecule has 0 N–H and O–H groups in total. The summed E-state index contributed by atoms with van der Waals surface area (Å²) in [6.45, 7) is 9.37. The van der Waals surface area contributed by atoms with E-state index >= 15 is 0 Å². The standard InChI is InChI=1S/C13H14O/c1-4-12(10-11(2)3)14-13-8-6-5-7-9-13/h4-10H,1-2H2,3H3. The summed E-state index contributed by atoms with van der Waals surface area (Å²) >= 11 is 0. The van der Waals surface area contributed by atoms with Gasteiger partial charge in [-0.3, -0.25) is 0 Å². The minimum Gasteiger partial charge on any atom is -0.457 e. The first-order chi connectivity index (χ1) is 6.72. The minimum atomic E-state index is 0.712.